The van der Waals surface area contributed by atoms with E-state index in [0.717, 1.165) is 9.37 Å². The van der Waals surface area contributed by atoms with Crippen LogP contribution in [0, 0.1) is 12.7 Å². The van der Waals surface area contributed by atoms with E-state index in [9.17, 15) is 4.39 Å². The number of hydrogen-bond donors (Lipinski definition) is 0. The molecule has 0 spiro atoms. The van der Waals surface area contributed by atoms with Crippen LogP contribution in [0.15, 0.2) is 21.5 Å². The Morgan fingerprint density at radius 1 is 1.45 bits per heavy atom. The largest absolute Gasteiger partial charge is 0.207 e. The number of hydrogen-bond acceptors (Lipinski definition) is 1. The van der Waals surface area contributed by atoms with E-state index >= 15 is 0 Å². The lowest BCUT2D eigenvalue weighted by atomic mass is 10.2. The lowest BCUT2D eigenvalue weighted by Gasteiger charge is -2.04. The molecule has 1 rings (SSSR count). The van der Waals surface area contributed by atoms with Crippen molar-refractivity contribution in [3.05, 3.63) is 28.0 Å². The fraction of sp³-hybridized carbons (Fsp3) is 0.250. The van der Waals surface area contributed by atoms with Crippen molar-refractivity contribution in [1.82, 2.24) is 0 Å². The molecule has 0 aromatic heterocycles. The van der Waals surface area contributed by atoms with Gasteiger partial charge < -0.3 is 0 Å². The smallest absolute Gasteiger partial charge is 0.127 e. The molecule has 0 heterocycles. The lowest BCUT2D eigenvalue weighted by Crippen LogP contribution is -1.85. The molecule has 60 valence electrons. The molecule has 0 saturated carbocycles. The first kappa shape index (κ1) is 9.07. The van der Waals surface area contributed by atoms with Crippen molar-refractivity contribution in [2.24, 2.45) is 0 Å². The van der Waals surface area contributed by atoms with Crippen molar-refractivity contribution in [1.29, 1.82) is 0 Å². The first-order valence-corrected chi connectivity index (χ1v) is 5.17. The molecule has 0 radical (unpaired) electrons. The molecule has 0 aliphatic heterocycles. The molecule has 0 fully saturated rings. The van der Waals surface area contributed by atoms with Gasteiger partial charge in [-0.25, -0.2) is 4.39 Å². The zero-order valence-corrected chi connectivity index (χ0v) is 8.72. The molecule has 1 aromatic carbocycles. The van der Waals surface area contributed by atoms with E-state index in [2.05, 4.69) is 15.9 Å². The fourth-order valence-corrected chi connectivity index (χ4v) is 2.14. The third kappa shape index (κ3) is 1.76. The van der Waals surface area contributed by atoms with Crippen LogP contribution < -0.4 is 0 Å². The van der Waals surface area contributed by atoms with Crippen molar-refractivity contribution in [2.75, 3.05) is 6.26 Å². The van der Waals surface area contributed by atoms with Crippen molar-refractivity contribution in [3.63, 3.8) is 0 Å². The van der Waals surface area contributed by atoms with Crippen molar-refractivity contribution in [2.45, 2.75) is 11.8 Å². The van der Waals surface area contributed by atoms with Gasteiger partial charge in [0.1, 0.15) is 5.82 Å². The predicted molar refractivity (Wildman–Crippen MR) is 50.6 cm³/mol. The minimum Gasteiger partial charge on any atom is -0.207 e. The molecule has 0 aliphatic rings. The Kier molecular flexibility index (Phi) is 2.96. The molecule has 11 heavy (non-hydrogen) atoms. The number of halogens is 2. The Bertz CT molecular complexity index is 273. The highest BCUT2D eigenvalue weighted by molar-refractivity contribution is 9.10. The fourth-order valence-electron chi connectivity index (χ4n) is 0.794. The summed E-state index contributed by atoms with van der Waals surface area (Å²) in [6, 6.07) is 3.27. The summed E-state index contributed by atoms with van der Waals surface area (Å²) >= 11 is 4.94. The van der Waals surface area contributed by atoms with Crippen LogP contribution in [0.4, 0.5) is 4.39 Å². The Balaban J connectivity index is 3.25. The van der Waals surface area contributed by atoms with Crippen LogP contribution >= 0.6 is 27.7 Å². The van der Waals surface area contributed by atoms with E-state index in [1.54, 1.807) is 24.8 Å². The third-order valence-corrected chi connectivity index (χ3v) is 3.57. The van der Waals surface area contributed by atoms with Gasteiger partial charge in [0.25, 0.3) is 0 Å². The second kappa shape index (κ2) is 3.59. The second-order valence-corrected chi connectivity index (χ2v) is 3.83. The summed E-state index contributed by atoms with van der Waals surface area (Å²) in [5.74, 6) is -0.158. The van der Waals surface area contributed by atoms with Gasteiger partial charge in [-0.2, -0.15) is 0 Å². The molecule has 0 atom stereocenters. The Hall–Kier alpha value is -0.0200. The topological polar surface area (TPSA) is 0 Å². The quantitative estimate of drug-likeness (QED) is 0.670. The maximum absolute atomic E-state index is 12.9. The van der Waals surface area contributed by atoms with Gasteiger partial charge in [0.05, 0.1) is 0 Å². The maximum Gasteiger partial charge on any atom is 0.127 e. The molecule has 0 N–H and O–H groups in total. The average molecular weight is 235 g/mol. The SMILES string of the molecule is CSc1ccc(F)c(C)c1Br. The summed E-state index contributed by atoms with van der Waals surface area (Å²) in [5, 5.41) is 0. The predicted octanol–water partition coefficient (Wildman–Crippen LogP) is 3.62. The van der Waals surface area contributed by atoms with E-state index in [1.807, 2.05) is 6.26 Å². The first-order chi connectivity index (χ1) is 5.16. The summed E-state index contributed by atoms with van der Waals surface area (Å²) in [6.07, 6.45) is 1.97. The molecule has 0 bridgehead atoms. The van der Waals surface area contributed by atoms with Crippen molar-refractivity contribution >= 4 is 27.7 Å². The van der Waals surface area contributed by atoms with E-state index in [1.165, 1.54) is 6.07 Å². The molecule has 0 amide bonds. The number of benzene rings is 1. The molecule has 3 heteroatoms. The van der Waals surface area contributed by atoms with Crippen LogP contribution in [-0.4, -0.2) is 6.26 Å². The van der Waals surface area contributed by atoms with Gasteiger partial charge in [0, 0.05) is 14.9 Å². The summed E-state index contributed by atoms with van der Waals surface area (Å²) < 4.78 is 13.7. The van der Waals surface area contributed by atoms with Crippen molar-refractivity contribution < 1.29 is 4.39 Å². The summed E-state index contributed by atoms with van der Waals surface area (Å²) in [7, 11) is 0. The Morgan fingerprint density at radius 2 is 2.09 bits per heavy atom. The Labute approximate surface area is 78.3 Å². The molecule has 0 aliphatic carbocycles. The van der Waals surface area contributed by atoms with Gasteiger partial charge in [-0.1, -0.05) is 0 Å². The monoisotopic (exact) mass is 234 g/mol. The van der Waals surface area contributed by atoms with Crippen LogP contribution in [0.3, 0.4) is 0 Å². The third-order valence-electron chi connectivity index (χ3n) is 1.50. The summed E-state index contributed by atoms with van der Waals surface area (Å²) in [6.45, 7) is 1.76. The molecular weight excluding hydrogens is 227 g/mol. The van der Waals surface area contributed by atoms with Gasteiger partial charge in [-0.05, 0) is 41.2 Å². The van der Waals surface area contributed by atoms with E-state index in [0.29, 0.717) is 5.56 Å². The molecular formula is C8H8BrFS. The lowest BCUT2D eigenvalue weighted by molar-refractivity contribution is 0.615. The van der Waals surface area contributed by atoms with Crippen LogP contribution in [0.2, 0.25) is 0 Å². The molecule has 1 aromatic rings. The van der Waals surface area contributed by atoms with E-state index in [-0.39, 0.29) is 5.82 Å². The van der Waals surface area contributed by atoms with Gasteiger partial charge in [0.15, 0.2) is 0 Å². The highest BCUT2D eigenvalue weighted by atomic mass is 79.9. The van der Waals surface area contributed by atoms with Gasteiger partial charge in [-0.3, -0.25) is 0 Å². The van der Waals surface area contributed by atoms with Crippen LogP contribution in [-0.2, 0) is 0 Å². The zero-order valence-electron chi connectivity index (χ0n) is 6.32. The van der Waals surface area contributed by atoms with Crippen molar-refractivity contribution in [3.8, 4) is 0 Å². The van der Waals surface area contributed by atoms with Gasteiger partial charge in [0.2, 0.25) is 0 Å². The van der Waals surface area contributed by atoms with Crippen LogP contribution in [0.25, 0.3) is 0 Å². The molecule has 0 unspecified atom stereocenters. The second-order valence-electron chi connectivity index (χ2n) is 2.19. The van der Waals surface area contributed by atoms with Crippen LogP contribution in [0.5, 0.6) is 0 Å². The van der Waals surface area contributed by atoms with Gasteiger partial charge >= 0.3 is 0 Å². The standard InChI is InChI=1S/C8H8BrFS/c1-5-6(10)3-4-7(11-2)8(5)9/h3-4H,1-2H3. The minimum absolute atomic E-state index is 0.158. The van der Waals surface area contributed by atoms with E-state index < -0.39 is 0 Å². The Morgan fingerprint density at radius 3 is 2.64 bits per heavy atom. The van der Waals surface area contributed by atoms with Gasteiger partial charge in [-0.15, -0.1) is 11.8 Å². The van der Waals surface area contributed by atoms with E-state index in [4.69, 9.17) is 0 Å². The maximum atomic E-state index is 12.9. The summed E-state index contributed by atoms with van der Waals surface area (Å²) in [5.41, 5.74) is 0.678. The number of thioether (sulfide) groups is 1. The first-order valence-electron chi connectivity index (χ1n) is 3.15. The highest BCUT2D eigenvalue weighted by Gasteiger charge is 2.05. The zero-order chi connectivity index (χ0) is 8.43. The normalized spacial score (nSPS) is 10.2. The summed E-state index contributed by atoms with van der Waals surface area (Å²) in [4.78, 5) is 1.07. The highest BCUT2D eigenvalue weighted by Crippen LogP contribution is 2.29. The van der Waals surface area contributed by atoms with Crippen LogP contribution in [0.1, 0.15) is 5.56 Å². The average Bonchev–Trinajstić information content (AvgIpc) is 2.01. The molecule has 0 nitrogen and oxygen atoms in total. The minimum atomic E-state index is -0.158. The molecule has 0 saturated heterocycles. The number of rotatable bonds is 1.